The van der Waals surface area contributed by atoms with E-state index < -0.39 is 11.6 Å². The summed E-state index contributed by atoms with van der Waals surface area (Å²) in [4.78, 5) is 33.0. The van der Waals surface area contributed by atoms with E-state index in [1.807, 2.05) is 45.9 Å². The minimum atomic E-state index is -0.818. The number of carbonyl (C=O) groups excluding carboxylic acids is 2. The first-order chi connectivity index (χ1) is 15.8. The summed E-state index contributed by atoms with van der Waals surface area (Å²) in [5, 5.41) is 0. The van der Waals surface area contributed by atoms with Gasteiger partial charge >= 0.3 is 11.9 Å². The van der Waals surface area contributed by atoms with Crippen LogP contribution in [0.25, 0.3) is 6.08 Å². The zero-order valence-electron chi connectivity index (χ0n) is 19.1. The number of carbonyl (C=O) groups is 2. The molecule has 0 saturated heterocycles. The molecule has 2 atom stereocenters. The molecule has 2 aromatic rings. The molecule has 0 N–H and O–H groups in total. The highest BCUT2D eigenvalue weighted by Crippen LogP contribution is 2.43. The van der Waals surface area contributed by atoms with E-state index in [1.54, 1.807) is 30.7 Å². The molecule has 0 fully saturated rings. The minimum absolute atomic E-state index is 0.0745. The van der Waals surface area contributed by atoms with Gasteiger partial charge in [0.15, 0.2) is 5.60 Å². The van der Waals surface area contributed by atoms with Crippen molar-refractivity contribution in [3.05, 3.63) is 70.7 Å². The lowest BCUT2D eigenvalue weighted by Crippen LogP contribution is -2.39. The smallest absolute Gasteiger partial charge is 0.345 e. The van der Waals surface area contributed by atoms with Gasteiger partial charge in [-0.15, -0.1) is 0 Å². The molecule has 0 spiro atoms. The molecule has 0 saturated carbocycles. The number of pyridine rings is 1. The van der Waals surface area contributed by atoms with Crippen LogP contribution >= 0.6 is 0 Å². The molecular weight excluding hydrogens is 420 g/mol. The number of allylic oxidation sites excluding steroid dienone is 1. The Morgan fingerprint density at radius 2 is 2.03 bits per heavy atom. The maximum atomic E-state index is 12.6. The monoisotopic (exact) mass is 446 g/mol. The molecule has 4 rings (SSSR count). The topological polar surface area (TPSA) is 87.1 Å². The first-order valence-corrected chi connectivity index (χ1v) is 10.8. The van der Waals surface area contributed by atoms with Crippen molar-refractivity contribution in [1.82, 2.24) is 4.98 Å². The highest BCUT2D eigenvalue weighted by atomic mass is 16.6. The van der Waals surface area contributed by atoms with Crippen molar-refractivity contribution >= 4 is 24.2 Å². The van der Waals surface area contributed by atoms with Gasteiger partial charge in [0, 0.05) is 35.9 Å². The third-order valence-electron chi connectivity index (χ3n) is 5.91. The second kappa shape index (κ2) is 9.02. The van der Waals surface area contributed by atoms with Crippen LogP contribution in [-0.2, 0) is 9.53 Å². The van der Waals surface area contributed by atoms with Crippen molar-refractivity contribution in [2.45, 2.75) is 39.7 Å². The number of fused-ring (bicyclic) bond motifs is 1. The van der Waals surface area contributed by atoms with Crippen LogP contribution in [0.2, 0.25) is 0 Å². The molecule has 0 bridgehead atoms. The molecule has 1 aromatic carbocycles. The number of aliphatic imine (C=N–C) groups is 1. The molecular formula is C26H26N2O5. The summed E-state index contributed by atoms with van der Waals surface area (Å²) in [6, 6.07) is 3.35. The Hall–Kier alpha value is -3.74. The first kappa shape index (κ1) is 22.5. The van der Waals surface area contributed by atoms with E-state index in [-0.39, 0.29) is 18.5 Å². The van der Waals surface area contributed by atoms with Gasteiger partial charge in [0.2, 0.25) is 0 Å². The molecule has 7 nitrogen and oxygen atoms in total. The van der Waals surface area contributed by atoms with Crippen LogP contribution in [0, 0.1) is 26.7 Å². The summed E-state index contributed by atoms with van der Waals surface area (Å²) in [7, 11) is 0. The molecule has 3 heterocycles. The molecule has 7 heteroatoms. The van der Waals surface area contributed by atoms with Crippen LogP contribution < -0.4 is 9.47 Å². The Bertz CT molecular complexity index is 1180. The summed E-state index contributed by atoms with van der Waals surface area (Å²) < 4.78 is 17.6. The Morgan fingerprint density at radius 1 is 1.21 bits per heavy atom. The molecule has 0 radical (unpaired) electrons. The van der Waals surface area contributed by atoms with E-state index in [0.29, 0.717) is 23.5 Å². The average molecular weight is 447 g/mol. The highest BCUT2D eigenvalue weighted by Gasteiger charge is 2.33. The van der Waals surface area contributed by atoms with E-state index in [9.17, 15) is 9.59 Å². The Balaban J connectivity index is 1.54. The third-order valence-corrected chi connectivity index (χ3v) is 5.91. The molecule has 33 heavy (non-hydrogen) atoms. The van der Waals surface area contributed by atoms with Gasteiger partial charge in [0.05, 0.1) is 11.5 Å². The lowest BCUT2D eigenvalue weighted by atomic mass is 9.92. The van der Waals surface area contributed by atoms with Crippen LogP contribution in [0.4, 0.5) is 0 Å². The average Bonchev–Trinajstić information content (AvgIpc) is 2.84. The van der Waals surface area contributed by atoms with Crippen molar-refractivity contribution in [3.63, 3.8) is 0 Å². The van der Waals surface area contributed by atoms with Crippen LogP contribution in [0.15, 0.2) is 47.9 Å². The molecule has 1 aromatic heterocycles. The van der Waals surface area contributed by atoms with Gasteiger partial charge in [-0.2, -0.15) is 0 Å². The van der Waals surface area contributed by atoms with Crippen molar-refractivity contribution in [1.29, 1.82) is 0 Å². The molecule has 2 unspecified atom stereocenters. The summed E-state index contributed by atoms with van der Waals surface area (Å²) >= 11 is 0. The molecule has 0 aliphatic carbocycles. The molecule has 2 aliphatic rings. The number of nitrogens with zero attached hydrogens (tertiary/aromatic N) is 2. The molecule has 0 amide bonds. The van der Waals surface area contributed by atoms with E-state index in [4.69, 9.17) is 14.2 Å². The van der Waals surface area contributed by atoms with Crippen molar-refractivity contribution < 1.29 is 23.8 Å². The molecule has 170 valence electrons. The zero-order valence-corrected chi connectivity index (χ0v) is 19.1. The second-order valence-corrected chi connectivity index (χ2v) is 8.46. The summed E-state index contributed by atoms with van der Waals surface area (Å²) in [5.74, 6) is 0.0326. The number of aromatic nitrogens is 1. The van der Waals surface area contributed by atoms with Crippen molar-refractivity contribution in [2.24, 2.45) is 10.9 Å². The number of esters is 2. The summed E-state index contributed by atoms with van der Waals surface area (Å²) in [6.45, 7) is 7.65. The Kier molecular flexibility index (Phi) is 6.14. The van der Waals surface area contributed by atoms with Crippen LogP contribution in [0.1, 0.15) is 46.0 Å². The number of hydrogen-bond donors (Lipinski definition) is 0. The summed E-state index contributed by atoms with van der Waals surface area (Å²) in [6.07, 6.45) is 12.6. The fraction of sp³-hybridized carbons (Fsp3) is 0.308. The van der Waals surface area contributed by atoms with Gasteiger partial charge in [-0.25, -0.2) is 4.79 Å². The van der Waals surface area contributed by atoms with Crippen molar-refractivity contribution in [3.8, 4) is 11.5 Å². The van der Waals surface area contributed by atoms with Crippen LogP contribution in [0.5, 0.6) is 11.5 Å². The van der Waals surface area contributed by atoms with Gasteiger partial charge in [-0.1, -0.05) is 12.2 Å². The Labute approximate surface area is 192 Å². The van der Waals surface area contributed by atoms with Gasteiger partial charge in [-0.3, -0.25) is 14.8 Å². The number of hydrogen-bond acceptors (Lipinski definition) is 7. The first-order valence-electron chi connectivity index (χ1n) is 10.8. The fourth-order valence-electron chi connectivity index (χ4n) is 3.80. The van der Waals surface area contributed by atoms with Gasteiger partial charge < -0.3 is 14.2 Å². The lowest BCUT2D eigenvalue weighted by Gasteiger charge is -2.34. The van der Waals surface area contributed by atoms with Crippen molar-refractivity contribution in [2.75, 3.05) is 6.61 Å². The SMILES string of the molecule is Cc1c(C)c2c(c(C)c1OC(=O)c1cccnc1)C=CC(C)(COC(=O)C1C=NC=CC1)O2. The summed E-state index contributed by atoms with van der Waals surface area (Å²) in [5.41, 5.74) is 2.86. The van der Waals surface area contributed by atoms with Gasteiger partial charge in [-0.05, 0) is 63.5 Å². The third kappa shape index (κ3) is 4.58. The predicted octanol–water partition coefficient (Wildman–Crippen LogP) is 4.54. The van der Waals surface area contributed by atoms with E-state index in [0.717, 1.165) is 22.3 Å². The lowest BCUT2D eigenvalue weighted by molar-refractivity contribution is -0.150. The maximum Gasteiger partial charge on any atom is 0.345 e. The van der Waals surface area contributed by atoms with Gasteiger partial charge in [0.1, 0.15) is 18.1 Å². The fourth-order valence-corrected chi connectivity index (χ4v) is 3.80. The number of rotatable bonds is 5. The predicted molar refractivity (Wildman–Crippen MR) is 125 cm³/mol. The van der Waals surface area contributed by atoms with E-state index >= 15 is 0 Å². The normalized spacial score (nSPS) is 20.7. The standard InChI is InChI=1S/C26H26N2O5/c1-16-17(2)23-21(18(3)22(16)32-25(30)20-8-6-12-28-14-20)9-10-26(4,33-23)15-31-24(29)19-7-5-11-27-13-19/h5-6,8-14,19H,7,15H2,1-4H3. The van der Waals surface area contributed by atoms with Gasteiger partial charge in [0.25, 0.3) is 0 Å². The minimum Gasteiger partial charge on any atom is -0.479 e. The largest absolute Gasteiger partial charge is 0.479 e. The highest BCUT2D eigenvalue weighted by molar-refractivity contribution is 5.92. The van der Waals surface area contributed by atoms with E-state index in [2.05, 4.69) is 9.98 Å². The maximum absolute atomic E-state index is 12.6. The number of ether oxygens (including phenoxy) is 3. The van der Waals surface area contributed by atoms with Crippen LogP contribution in [0.3, 0.4) is 0 Å². The Morgan fingerprint density at radius 3 is 2.73 bits per heavy atom. The van der Waals surface area contributed by atoms with E-state index in [1.165, 1.54) is 6.20 Å². The quantitative estimate of drug-likeness (QED) is 0.495. The van der Waals surface area contributed by atoms with Crippen LogP contribution in [-0.4, -0.2) is 35.3 Å². The second-order valence-electron chi connectivity index (χ2n) is 8.46. The number of benzene rings is 1. The molecule has 2 aliphatic heterocycles. The zero-order chi connectivity index (χ0) is 23.6.